The zero-order valence-corrected chi connectivity index (χ0v) is 12.5. The van der Waals surface area contributed by atoms with Crippen molar-refractivity contribution in [2.24, 2.45) is 0 Å². The van der Waals surface area contributed by atoms with Crippen LogP contribution in [0.1, 0.15) is 18.6 Å². The lowest BCUT2D eigenvalue weighted by atomic mass is 10.1. The maximum absolute atomic E-state index is 10.2. The fraction of sp³-hybridized carbons (Fsp3) is 0.571. The molecule has 1 aliphatic rings. The second-order valence-electron chi connectivity index (χ2n) is 4.78. The summed E-state index contributed by atoms with van der Waals surface area (Å²) in [4.78, 5) is 0. The Bertz CT molecular complexity index is 439. The molecule has 0 fully saturated rings. The highest BCUT2D eigenvalue weighted by molar-refractivity contribution is 7.99. The van der Waals surface area contributed by atoms with Crippen LogP contribution in [0.2, 0.25) is 0 Å². The molecule has 0 radical (unpaired) electrons. The molecule has 0 saturated heterocycles. The molecule has 112 valence electrons. The van der Waals surface area contributed by atoms with Crippen molar-refractivity contribution in [2.75, 3.05) is 26.2 Å². The van der Waals surface area contributed by atoms with Crippen LogP contribution in [-0.2, 0) is 0 Å². The molecule has 3 N–H and O–H groups in total. The molecule has 3 atom stereocenters. The van der Waals surface area contributed by atoms with Gasteiger partial charge in [-0.25, -0.2) is 0 Å². The summed E-state index contributed by atoms with van der Waals surface area (Å²) >= 11 is 1.61. The van der Waals surface area contributed by atoms with Gasteiger partial charge in [-0.05, 0) is 30.9 Å². The molecule has 3 unspecified atom stereocenters. The summed E-state index contributed by atoms with van der Waals surface area (Å²) in [5.41, 5.74) is 0.790. The summed E-state index contributed by atoms with van der Waals surface area (Å²) in [5.74, 6) is 1.39. The Kier molecular flexibility index (Phi) is 5.54. The number of rotatable bonds is 7. The van der Waals surface area contributed by atoms with Gasteiger partial charge in [0.25, 0.3) is 0 Å². The van der Waals surface area contributed by atoms with Crippen LogP contribution in [0.15, 0.2) is 18.2 Å². The topological polar surface area (TPSA) is 71.0 Å². The first-order chi connectivity index (χ1) is 9.65. The number of fused-ring (bicyclic) bond motifs is 1. The molecule has 1 heterocycles. The van der Waals surface area contributed by atoms with E-state index in [-0.39, 0.29) is 24.7 Å². The van der Waals surface area contributed by atoms with Crippen molar-refractivity contribution >= 4 is 11.8 Å². The van der Waals surface area contributed by atoms with E-state index in [2.05, 4.69) is 5.32 Å². The predicted molar refractivity (Wildman–Crippen MR) is 79.4 cm³/mol. The van der Waals surface area contributed by atoms with E-state index in [1.54, 1.807) is 17.8 Å². The second-order valence-corrected chi connectivity index (χ2v) is 5.86. The first-order valence-corrected chi connectivity index (χ1v) is 7.89. The van der Waals surface area contributed by atoms with Crippen molar-refractivity contribution < 1.29 is 19.7 Å². The zero-order valence-electron chi connectivity index (χ0n) is 11.7. The molecule has 0 bridgehead atoms. The largest absolute Gasteiger partial charge is 0.454 e. The van der Waals surface area contributed by atoms with E-state index in [0.29, 0.717) is 18.0 Å². The minimum absolute atomic E-state index is 0.120. The van der Waals surface area contributed by atoms with Crippen LogP contribution in [0, 0.1) is 0 Å². The summed E-state index contributed by atoms with van der Waals surface area (Å²) in [6.45, 7) is 2.78. The van der Waals surface area contributed by atoms with Crippen molar-refractivity contribution in [3.05, 3.63) is 23.8 Å². The van der Waals surface area contributed by atoms with E-state index < -0.39 is 6.10 Å². The van der Waals surface area contributed by atoms with Gasteiger partial charge in [-0.15, -0.1) is 0 Å². The van der Waals surface area contributed by atoms with Gasteiger partial charge in [0.2, 0.25) is 6.79 Å². The molecule has 2 rings (SSSR count). The van der Waals surface area contributed by atoms with E-state index >= 15 is 0 Å². The van der Waals surface area contributed by atoms with Crippen molar-refractivity contribution in [1.29, 1.82) is 0 Å². The van der Waals surface area contributed by atoms with Crippen LogP contribution in [-0.4, -0.2) is 47.7 Å². The molecule has 1 aliphatic heterocycles. The van der Waals surface area contributed by atoms with E-state index in [9.17, 15) is 10.2 Å². The first-order valence-electron chi connectivity index (χ1n) is 6.60. The van der Waals surface area contributed by atoms with Gasteiger partial charge in [-0.2, -0.15) is 11.8 Å². The fourth-order valence-corrected chi connectivity index (χ4v) is 2.76. The van der Waals surface area contributed by atoms with Gasteiger partial charge < -0.3 is 25.0 Å². The van der Waals surface area contributed by atoms with Gasteiger partial charge in [0.05, 0.1) is 12.7 Å². The van der Waals surface area contributed by atoms with Crippen LogP contribution >= 0.6 is 11.8 Å². The smallest absolute Gasteiger partial charge is 0.231 e. The molecule has 0 amide bonds. The second kappa shape index (κ2) is 7.17. The average Bonchev–Trinajstić information content (AvgIpc) is 2.93. The molecule has 6 heteroatoms. The number of aliphatic hydroxyl groups is 2. The normalized spacial score (nSPS) is 17.8. The Labute approximate surface area is 123 Å². The Morgan fingerprint density at radius 2 is 2.10 bits per heavy atom. The third-order valence-corrected chi connectivity index (χ3v) is 4.62. The molecule has 1 aromatic carbocycles. The molecule has 5 nitrogen and oxygen atoms in total. The summed E-state index contributed by atoms with van der Waals surface area (Å²) in [5, 5.41) is 22.8. The van der Waals surface area contributed by atoms with E-state index in [4.69, 9.17) is 9.47 Å². The van der Waals surface area contributed by atoms with E-state index in [0.717, 1.165) is 5.56 Å². The Morgan fingerprint density at radius 3 is 2.80 bits per heavy atom. The number of hydrogen-bond donors (Lipinski definition) is 3. The lowest BCUT2D eigenvalue weighted by Crippen LogP contribution is -2.39. The van der Waals surface area contributed by atoms with Gasteiger partial charge in [-0.1, -0.05) is 6.07 Å². The molecule has 0 saturated carbocycles. The van der Waals surface area contributed by atoms with Crippen molar-refractivity contribution in [3.63, 3.8) is 0 Å². The molecule has 20 heavy (non-hydrogen) atoms. The minimum Gasteiger partial charge on any atom is -0.454 e. The highest BCUT2D eigenvalue weighted by Crippen LogP contribution is 2.34. The van der Waals surface area contributed by atoms with Crippen LogP contribution in [0.4, 0.5) is 0 Å². The van der Waals surface area contributed by atoms with E-state index in [1.165, 1.54) is 0 Å². The number of ether oxygens (including phenoxy) is 2. The molecular weight excluding hydrogens is 278 g/mol. The minimum atomic E-state index is -0.617. The lowest BCUT2D eigenvalue weighted by Gasteiger charge is -2.23. The molecule has 0 spiro atoms. The highest BCUT2D eigenvalue weighted by Gasteiger charge is 2.19. The van der Waals surface area contributed by atoms with Crippen molar-refractivity contribution in [2.45, 2.75) is 24.3 Å². The van der Waals surface area contributed by atoms with Gasteiger partial charge >= 0.3 is 0 Å². The van der Waals surface area contributed by atoms with Gasteiger partial charge in [0.15, 0.2) is 11.5 Å². The molecule has 0 aliphatic carbocycles. The number of hydrogen-bond acceptors (Lipinski definition) is 6. The summed E-state index contributed by atoms with van der Waals surface area (Å²) in [6.07, 6.45) is 1.35. The number of nitrogens with one attached hydrogen (secondary N) is 1. The molecular formula is C14H21NO4S. The Balaban J connectivity index is 1.90. The van der Waals surface area contributed by atoms with Crippen LogP contribution in [0.3, 0.4) is 0 Å². The maximum Gasteiger partial charge on any atom is 0.231 e. The molecule has 0 aromatic heterocycles. The lowest BCUT2D eigenvalue weighted by molar-refractivity contribution is 0.166. The average molecular weight is 299 g/mol. The SMILES string of the molecule is CSC(CO)C(C)NCC(O)c1ccc2c(c1)OCO2. The quantitative estimate of drug-likeness (QED) is 0.701. The van der Waals surface area contributed by atoms with E-state index in [1.807, 2.05) is 25.3 Å². The monoisotopic (exact) mass is 299 g/mol. The highest BCUT2D eigenvalue weighted by atomic mass is 32.2. The van der Waals surface area contributed by atoms with Crippen LogP contribution < -0.4 is 14.8 Å². The first kappa shape index (κ1) is 15.4. The summed E-state index contributed by atoms with van der Waals surface area (Å²) < 4.78 is 10.5. The number of thioether (sulfide) groups is 1. The van der Waals surface area contributed by atoms with Gasteiger partial charge in [-0.3, -0.25) is 0 Å². The number of aliphatic hydroxyl groups excluding tert-OH is 2. The molecule has 1 aromatic rings. The maximum atomic E-state index is 10.2. The zero-order chi connectivity index (χ0) is 14.5. The fourth-order valence-electron chi connectivity index (χ4n) is 2.10. The van der Waals surface area contributed by atoms with Crippen LogP contribution in [0.5, 0.6) is 11.5 Å². The summed E-state index contributed by atoms with van der Waals surface area (Å²) in [6, 6.07) is 5.57. The third-order valence-electron chi connectivity index (χ3n) is 3.45. The van der Waals surface area contributed by atoms with Crippen molar-refractivity contribution in [3.8, 4) is 11.5 Å². The Morgan fingerprint density at radius 1 is 1.35 bits per heavy atom. The van der Waals surface area contributed by atoms with Gasteiger partial charge in [0, 0.05) is 17.8 Å². The van der Waals surface area contributed by atoms with Crippen LogP contribution in [0.25, 0.3) is 0 Å². The Hall–Kier alpha value is -0.950. The number of benzene rings is 1. The third kappa shape index (κ3) is 3.58. The predicted octanol–water partition coefficient (Wildman–Crippen LogP) is 1.15. The summed E-state index contributed by atoms with van der Waals surface area (Å²) in [7, 11) is 0. The van der Waals surface area contributed by atoms with Crippen molar-refractivity contribution in [1.82, 2.24) is 5.32 Å². The van der Waals surface area contributed by atoms with Gasteiger partial charge in [0.1, 0.15) is 0 Å². The standard InChI is InChI=1S/C14H21NO4S/c1-9(14(7-16)20-2)15-6-11(17)10-3-4-12-13(5-10)19-8-18-12/h3-5,9,11,14-17H,6-8H2,1-2H3.